The second-order valence-electron chi connectivity index (χ2n) is 8.82. The zero-order chi connectivity index (χ0) is 24.5. The van der Waals surface area contributed by atoms with E-state index >= 15 is 0 Å². The van der Waals surface area contributed by atoms with Gasteiger partial charge in [0.2, 0.25) is 0 Å². The van der Waals surface area contributed by atoms with Crippen molar-refractivity contribution in [3.05, 3.63) is 87.9 Å². The van der Waals surface area contributed by atoms with Gasteiger partial charge in [-0.25, -0.2) is 0 Å². The molecule has 3 aromatic rings. The molecule has 1 aliphatic heterocycles. The Morgan fingerprint density at radius 1 is 0.771 bits per heavy atom. The molecule has 35 heavy (non-hydrogen) atoms. The third-order valence-corrected chi connectivity index (χ3v) is 7.76. The Hall–Kier alpha value is -3.12. The van der Waals surface area contributed by atoms with Crippen LogP contribution in [0.25, 0.3) is 0 Å². The number of rotatable bonds is 6. The van der Waals surface area contributed by atoms with E-state index < -0.39 is 0 Å². The van der Waals surface area contributed by atoms with Crippen molar-refractivity contribution in [1.82, 2.24) is 0 Å². The lowest BCUT2D eigenvalue weighted by molar-refractivity contribution is 0.0805. The highest BCUT2D eigenvalue weighted by Crippen LogP contribution is 2.57. The summed E-state index contributed by atoms with van der Waals surface area (Å²) in [5.74, 6) is 4.49. The molecule has 182 valence electrons. The fourth-order valence-electron chi connectivity index (χ4n) is 5.43. The van der Waals surface area contributed by atoms with Crippen LogP contribution in [-0.4, -0.2) is 28.4 Å². The maximum absolute atomic E-state index is 6.78. The molecule has 0 saturated heterocycles. The number of allylic oxidation sites excluding steroid dienone is 2. The number of ether oxygens (including phenoxy) is 5. The van der Waals surface area contributed by atoms with E-state index in [2.05, 4.69) is 58.4 Å². The molecule has 0 bridgehead atoms. The van der Waals surface area contributed by atoms with E-state index in [1.54, 1.807) is 28.4 Å². The van der Waals surface area contributed by atoms with Crippen molar-refractivity contribution in [2.24, 2.45) is 5.92 Å². The Morgan fingerprint density at radius 3 is 2.17 bits per heavy atom. The summed E-state index contributed by atoms with van der Waals surface area (Å²) in [6, 6.07) is 18.6. The molecule has 3 aromatic carbocycles. The number of fused-ring (bicyclic) bond motifs is 3. The largest absolute Gasteiger partial charge is 0.497 e. The predicted octanol–water partition coefficient (Wildman–Crippen LogP) is 7.06. The lowest BCUT2D eigenvalue weighted by Crippen LogP contribution is -2.35. The molecule has 0 aromatic heterocycles. The van der Waals surface area contributed by atoms with Crippen LogP contribution >= 0.6 is 15.9 Å². The number of benzene rings is 3. The quantitative estimate of drug-likeness (QED) is 0.315. The molecule has 1 aliphatic carbocycles. The second-order valence-corrected chi connectivity index (χ2v) is 9.68. The molecule has 5 rings (SSSR count). The van der Waals surface area contributed by atoms with E-state index in [1.165, 1.54) is 5.56 Å². The van der Waals surface area contributed by atoms with Crippen LogP contribution in [-0.2, 0) is 0 Å². The van der Waals surface area contributed by atoms with Crippen LogP contribution < -0.4 is 23.7 Å². The fourth-order valence-corrected chi connectivity index (χ4v) is 5.95. The van der Waals surface area contributed by atoms with E-state index in [0.29, 0.717) is 0 Å². The summed E-state index contributed by atoms with van der Waals surface area (Å²) >= 11 is 3.67. The predicted molar refractivity (Wildman–Crippen MR) is 139 cm³/mol. The molecule has 5 nitrogen and oxygen atoms in total. The molecule has 4 atom stereocenters. The first-order valence-electron chi connectivity index (χ1n) is 11.6. The van der Waals surface area contributed by atoms with Gasteiger partial charge in [0.15, 0.2) is 11.5 Å². The van der Waals surface area contributed by atoms with Gasteiger partial charge in [0.05, 0.1) is 32.9 Å². The molecular weight excluding hydrogens is 508 g/mol. The van der Waals surface area contributed by atoms with Crippen LogP contribution in [0, 0.1) is 5.92 Å². The van der Waals surface area contributed by atoms with E-state index in [1.807, 2.05) is 24.3 Å². The highest BCUT2D eigenvalue weighted by Gasteiger charge is 2.44. The molecule has 6 heteroatoms. The third kappa shape index (κ3) is 4.25. The van der Waals surface area contributed by atoms with Gasteiger partial charge in [0.25, 0.3) is 0 Å². The van der Waals surface area contributed by atoms with Gasteiger partial charge >= 0.3 is 0 Å². The summed E-state index contributed by atoms with van der Waals surface area (Å²) in [5, 5.41) is 0. The topological polar surface area (TPSA) is 46.2 Å². The van der Waals surface area contributed by atoms with Gasteiger partial charge < -0.3 is 23.7 Å². The first-order chi connectivity index (χ1) is 17.1. The summed E-state index contributed by atoms with van der Waals surface area (Å²) in [4.78, 5) is 0. The molecule has 0 spiro atoms. The molecule has 0 saturated carbocycles. The van der Waals surface area contributed by atoms with E-state index in [-0.39, 0.29) is 23.9 Å². The average molecular weight is 537 g/mol. The van der Waals surface area contributed by atoms with Crippen molar-refractivity contribution >= 4 is 15.9 Å². The lowest BCUT2D eigenvalue weighted by Gasteiger charge is -2.45. The standard InChI is InChI=1S/C29H29BrO5/c1-31-19-11-8-17(9-12-19)29-28-20(18-10-13-24(32-2)27(14-18)34-4)6-5-7-21(28)22-15-23(30)26(33-3)16-25(22)35-29/h5,7-16,20-21,28-29H,6H2,1-4H3/t20-,21+,28-,29-/m1/s1. The SMILES string of the molecule is COc1ccc([C@H]2Oc3cc(OC)c(Br)cc3[C@@H]3C=CC[C@H](c4ccc(OC)c(OC)c4)[C@@H]23)cc1. The smallest absolute Gasteiger partial charge is 0.160 e. The van der Waals surface area contributed by atoms with Gasteiger partial charge in [-0.3, -0.25) is 0 Å². The van der Waals surface area contributed by atoms with Gasteiger partial charge in [-0.05, 0) is 69.7 Å². The Bertz CT molecular complexity index is 1240. The van der Waals surface area contributed by atoms with E-state index in [4.69, 9.17) is 23.7 Å². The number of hydrogen-bond acceptors (Lipinski definition) is 5. The average Bonchev–Trinajstić information content (AvgIpc) is 2.91. The Labute approximate surface area is 214 Å². The molecular formula is C29H29BrO5. The first kappa shape index (κ1) is 23.6. The minimum Gasteiger partial charge on any atom is -0.497 e. The molecule has 0 N–H and O–H groups in total. The van der Waals surface area contributed by atoms with Gasteiger partial charge in [-0.15, -0.1) is 0 Å². The lowest BCUT2D eigenvalue weighted by atomic mass is 9.65. The summed E-state index contributed by atoms with van der Waals surface area (Å²) in [7, 11) is 6.69. The van der Waals surface area contributed by atoms with Gasteiger partial charge in [-0.1, -0.05) is 30.4 Å². The molecule has 1 heterocycles. The van der Waals surface area contributed by atoms with Gasteiger partial charge in [0, 0.05) is 23.5 Å². The van der Waals surface area contributed by atoms with E-state index in [9.17, 15) is 0 Å². The van der Waals surface area contributed by atoms with Crippen molar-refractivity contribution in [1.29, 1.82) is 0 Å². The highest BCUT2D eigenvalue weighted by atomic mass is 79.9. The maximum atomic E-state index is 6.78. The Morgan fingerprint density at radius 2 is 1.49 bits per heavy atom. The molecule has 2 aliphatic rings. The number of methoxy groups -OCH3 is 4. The van der Waals surface area contributed by atoms with E-state index in [0.717, 1.165) is 50.8 Å². The molecule has 0 radical (unpaired) electrons. The minimum absolute atomic E-state index is 0.146. The summed E-state index contributed by atoms with van der Waals surface area (Å²) in [6.45, 7) is 0. The Balaban J connectivity index is 1.64. The Kier molecular flexibility index (Phi) is 6.65. The van der Waals surface area contributed by atoms with Crippen LogP contribution in [0.1, 0.15) is 41.1 Å². The highest BCUT2D eigenvalue weighted by molar-refractivity contribution is 9.10. The normalized spacial score (nSPS) is 22.4. The minimum atomic E-state index is -0.146. The van der Waals surface area contributed by atoms with Crippen LogP contribution in [0.2, 0.25) is 0 Å². The molecule has 0 unspecified atom stereocenters. The van der Waals surface area contributed by atoms with Crippen LogP contribution in [0.15, 0.2) is 71.2 Å². The maximum Gasteiger partial charge on any atom is 0.160 e. The van der Waals surface area contributed by atoms with Gasteiger partial charge in [0.1, 0.15) is 23.4 Å². The summed E-state index contributed by atoms with van der Waals surface area (Å²) < 4.78 is 29.8. The van der Waals surface area contributed by atoms with Crippen LogP contribution in [0.4, 0.5) is 0 Å². The van der Waals surface area contributed by atoms with Crippen molar-refractivity contribution in [2.75, 3.05) is 28.4 Å². The van der Waals surface area contributed by atoms with Crippen molar-refractivity contribution in [3.63, 3.8) is 0 Å². The molecule has 0 amide bonds. The van der Waals surface area contributed by atoms with Crippen LogP contribution in [0.3, 0.4) is 0 Å². The fraction of sp³-hybridized carbons (Fsp3) is 0.310. The van der Waals surface area contributed by atoms with Crippen molar-refractivity contribution < 1.29 is 23.7 Å². The summed E-state index contributed by atoms with van der Waals surface area (Å²) in [5.41, 5.74) is 3.49. The van der Waals surface area contributed by atoms with Crippen LogP contribution in [0.5, 0.6) is 28.7 Å². The van der Waals surface area contributed by atoms with Crippen molar-refractivity contribution in [2.45, 2.75) is 24.4 Å². The zero-order valence-corrected chi connectivity index (χ0v) is 21.9. The van der Waals surface area contributed by atoms with Crippen molar-refractivity contribution in [3.8, 4) is 28.7 Å². The van der Waals surface area contributed by atoms with Gasteiger partial charge in [-0.2, -0.15) is 0 Å². The monoisotopic (exact) mass is 536 g/mol. The second kappa shape index (κ2) is 9.86. The first-order valence-corrected chi connectivity index (χ1v) is 12.4. The number of halogens is 1. The molecule has 0 fully saturated rings. The zero-order valence-electron chi connectivity index (χ0n) is 20.3. The summed E-state index contributed by atoms with van der Waals surface area (Å²) in [6.07, 6.45) is 5.39. The third-order valence-electron chi connectivity index (χ3n) is 7.14. The number of hydrogen-bond donors (Lipinski definition) is 0.